The highest BCUT2D eigenvalue weighted by molar-refractivity contribution is 5.94. The molecule has 0 saturated carbocycles. The zero-order valence-electron chi connectivity index (χ0n) is 28.4. The fourth-order valence-electron chi connectivity index (χ4n) is 6.17. The molecule has 3 rings (SSSR count). The molecule has 246 valence electrons. The summed E-state index contributed by atoms with van der Waals surface area (Å²) in [6, 6.07) is 16.9. The van der Waals surface area contributed by atoms with Gasteiger partial charge in [-0.1, -0.05) is 101 Å². The molecule has 0 unspecified atom stereocenters. The fraction of sp³-hybridized carbons (Fsp3) is 0.541. The molecule has 0 radical (unpaired) electrons. The summed E-state index contributed by atoms with van der Waals surface area (Å²) in [6.07, 6.45) is 3.71. The number of carbonyl (C=O) groups excluding carboxylic acids is 3. The number of hydrogen-bond acceptors (Lipinski definition) is 5. The fourth-order valence-corrected chi connectivity index (χ4v) is 6.17. The van der Waals surface area contributed by atoms with Crippen molar-refractivity contribution in [2.45, 2.75) is 104 Å². The van der Waals surface area contributed by atoms with Crippen LogP contribution in [0.1, 0.15) is 91.0 Å². The van der Waals surface area contributed by atoms with E-state index in [0.717, 1.165) is 31.4 Å². The van der Waals surface area contributed by atoms with E-state index in [4.69, 9.17) is 0 Å². The first-order chi connectivity index (χ1) is 21.3. The van der Waals surface area contributed by atoms with E-state index in [1.165, 1.54) is 0 Å². The third kappa shape index (κ3) is 9.50. The minimum atomic E-state index is -0.957. The highest BCUT2D eigenvalue weighted by atomic mass is 16.3. The van der Waals surface area contributed by atoms with E-state index in [-0.39, 0.29) is 41.6 Å². The first kappa shape index (κ1) is 36.0. The zero-order chi connectivity index (χ0) is 33.3. The van der Waals surface area contributed by atoms with Crippen LogP contribution in [0, 0.1) is 11.8 Å². The number of aliphatic hydroxyl groups excluding tert-OH is 1. The molecule has 3 N–H and O–H groups in total. The zero-order valence-corrected chi connectivity index (χ0v) is 28.4. The van der Waals surface area contributed by atoms with Crippen LogP contribution < -0.4 is 10.6 Å². The molecule has 0 spiro atoms. The molecule has 1 fully saturated rings. The van der Waals surface area contributed by atoms with Crippen LogP contribution in [0.5, 0.6) is 0 Å². The molecule has 0 aromatic heterocycles. The van der Waals surface area contributed by atoms with Crippen molar-refractivity contribution in [1.82, 2.24) is 20.4 Å². The summed E-state index contributed by atoms with van der Waals surface area (Å²) >= 11 is 0. The van der Waals surface area contributed by atoms with Crippen molar-refractivity contribution in [3.8, 4) is 0 Å². The average molecular weight is 619 g/mol. The molecule has 1 heterocycles. The van der Waals surface area contributed by atoms with Gasteiger partial charge in [0.1, 0.15) is 12.1 Å². The van der Waals surface area contributed by atoms with Crippen molar-refractivity contribution < 1.29 is 19.5 Å². The molecule has 0 aliphatic carbocycles. The van der Waals surface area contributed by atoms with Crippen molar-refractivity contribution in [3.63, 3.8) is 0 Å². The number of piperidine rings is 1. The second-order valence-electron chi connectivity index (χ2n) is 13.3. The Morgan fingerprint density at radius 3 is 1.98 bits per heavy atom. The molecule has 8 heteroatoms. The van der Waals surface area contributed by atoms with E-state index < -0.39 is 24.2 Å². The van der Waals surface area contributed by atoms with Gasteiger partial charge in [0.25, 0.3) is 0 Å². The number of benzene rings is 2. The highest BCUT2D eigenvalue weighted by Gasteiger charge is 2.36. The van der Waals surface area contributed by atoms with Gasteiger partial charge in [0.05, 0.1) is 18.1 Å². The van der Waals surface area contributed by atoms with E-state index in [0.29, 0.717) is 11.1 Å². The molecular formula is C37H54N4O4. The van der Waals surface area contributed by atoms with Crippen molar-refractivity contribution in [2.24, 2.45) is 11.8 Å². The summed E-state index contributed by atoms with van der Waals surface area (Å²) in [5.41, 5.74) is 1.92. The van der Waals surface area contributed by atoms with E-state index in [2.05, 4.69) is 29.4 Å². The molecular weight excluding hydrogens is 564 g/mol. The lowest BCUT2D eigenvalue weighted by Gasteiger charge is -2.39. The highest BCUT2D eigenvalue weighted by Crippen LogP contribution is 2.29. The molecule has 2 aromatic carbocycles. The molecule has 2 aromatic rings. The summed E-state index contributed by atoms with van der Waals surface area (Å²) < 4.78 is 0. The van der Waals surface area contributed by atoms with Gasteiger partial charge in [0.15, 0.2) is 0 Å². The van der Waals surface area contributed by atoms with Crippen molar-refractivity contribution in [3.05, 3.63) is 83.4 Å². The smallest absolute Gasteiger partial charge is 0.247 e. The Morgan fingerprint density at radius 2 is 1.44 bits per heavy atom. The maximum atomic E-state index is 14.0. The predicted molar refractivity (Wildman–Crippen MR) is 180 cm³/mol. The Balaban J connectivity index is 1.80. The average Bonchev–Trinajstić information content (AvgIpc) is 3.04. The van der Waals surface area contributed by atoms with Gasteiger partial charge >= 0.3 is 0 Å². The number of nitrogens with zero attached hydrogens (tertiary/aromatic N) is 2. The Kier molecular flexibility index (Phi) is 13.4. The van der Waals surface area contributed by atoms with Gasteiger partial charge in [0.2, 0.25) is 17.7 Å². The number of hydrogen-bond donors (Lipinski definition) is 3. The summed E-state index contributed by atoms with van der Waals surface area (Å²) in [7, 11) is 1.74. The molecule has 45 heavy (non-hydrogen) atoms. The maximum Gasteiger partial charge on any atom is 0.247 e. The van der Waals surface area contributed by atoms with Gasteiger partial charge in [0, 0.05) is 18.7 Å². The van der Waals surface area contributed by atoms with Crippen LogP contribution in [0.25, 0.3) is 0 Å². The minimum absolute atomic E-state index is 0.000167. The standard InChI is InChI=1S/C37H54N4O4/c1-24(2)31(40(8)37(45)32(25(3)4)38-36(44)30-21-15-16-22-41(30)26(5)6)23-27(7)35(43)39-33(28-17-11-9-12-18-28)34(42)29-19-13-10-14-20-29/h9-14,17-20,23-26,30-34,42H,15-16,21-22H2,1-8H3,(H,38,44)(H,39,43)/t30-,31-,32+,33+,34-/m1/s1. The first-order valence-corrected chi connectivity index (χ1v) is 16.4. The number of likely N-dealkylation sites (N-methyl/N-ethyl adjacent to an activating group) is 1. The summed E-state index contributed by atoms with van der Waals surface area (Å²) in [5, 5.41) is 17.4. The lowest BCUT2D eigenvalue weighted by atomic mass is 9.94. The van der Waals surface area contributed by atoms with E-state index in [1.54, 1.807) is 18.9 Å². The summed E-state index contributed by atoms with van der Waals surface area (Å²) in [6.45, 7) is 14.7. The number of aliphatic hydroxyl groups is 1. The molecule has 5 atom stereocenters. The lowest BCUT2D eigenvalue weighted by molar-refractivity contribution is -0.140. The van der Waals surface area contributed by atoms with Crippen LogP contribution in [0.2, 0.25) is 0 Å². The lowest BCUT2D eigenvalue weighted by Crippen LogP contribution is -2.58. The van der Waals surface area contributed by atoms with Gasteiger partial charge in [-0.15, -0.1) is 0 Å². The van der Waals surface area contributed by atoms with Crippen LogP contribution in [0.4, 0.5) is 0 Å². The maximum absolute atomic E-state index is 14.0. The molecule has 3 amide bonds. The van der Waals surface area contributed by atoms with Gasteiger partial charge in [-0.25, -0.2) is 0 Å². The topological polar surface area (TPSA) is 102 Å². The van der Waals surface area contributed by atoms with Crippen LogP contribution in [0.15, 0.2) is 72.3 Å². The van der Waals surface area contributed by atoms with E-state index >= 15 is 0 Å². The van der Waals surface area contributed by atoms with Crippen LogP contribution in [0.3, 0.4) is 0 Å². The molecule has 1 aliphatic heterocycles. The first-order valence-electron chi connectivity index (χ1n) is 16.4. The quantitative estimate of drug-likeness (QED) is 0.261. The number of amides is 3. The minimum Gasteiger partial charge on any atom is -0.386 e. The number of carbonyl (C=O) groups is 3. The number of rotatable bonds is 13. The third-order valence-corrected chi connectivity index (χ3v) is 8.90. The Hall–Kier alpha value is -3.49. The largest absolute Gasteiger partial charge is 0.386 e. The van der Waals surface area contributed by atoms with Gasteiger partial charge in [-0.05, 0) is 63.1 Å². The van der Waals surface area contributed by atoms with Crippen LogP contribution in [-0.4, -0.2) is 70.4 Å². The van der Waals surface area contributed by atoms with E-state index in [9.17, 15) is 19.5 Å². The third-order valence-electron chi connectivity index (χ3n) is 8.90. The van der Waals surface area contributed by atoms with Crippen molar-refractivity contribution in [2.75, 3.05) is 13.6 Å². The van der Waals surface area contributed by atoms with Gasteiger partial charge in [-0.3, -0.25) is 19.3 Å². The second-order valence-corrected chi connectivity index (χ2v) is 13.3. The normalized spacial score (nSPS) is 18.8. The number of likely N-dealkylation sites (tertiary alicyclic amines) is 1. The van der Waals surface area contributed by atoms with Crippen LogP contribution in [-0.2, 0) is 14.4 Å². The molecule has 1 saturated heterocycles. The molecule has 0 bridgehead atoms. The van der Waals surface area contributed by atoms with Gasteiger partial charge < -0.3 is 20.6 Å². The summed E-state index contributed by atoms with van der Waals surface area (Å²) in [5.74, 6) is -0.729. The number of nitrogens with one attached hydrogen (secondary N) is 2. The SMILES string of the molecule is CC(=C[C@H](C(C)C)N(C)C(=O)[C@@H](NC(=O)[C@H]1CCCCN1C(C)C)C(C)C)C(=O)N[C@@H](c1ccccc1)[C@H](O)c1ccccc1. The predicted octanol–water partition coefficient (Wildman–Crippen LogP) is 5.41. The van der Waals surface area contributed by atoms with Crippen LogP contribution >= 0.6 is 0 Å². The Labute approximate surface area is 270 Å². The van der Waals surface area contributed by atoms with Crippen molar-refractivity contribution in [1.29, 1.82) is 0 Å². The monoisotopic (exact) mass is 618 g/mol. The molecule has 1 aliphatic rings. The van der Waals surface area contributed by atoms with Crippen molar-refractivity contribution >= 4 is 17.7 Å². The summed E-state index contributed by atoms with van der Waals surface area (Å²) in [4.78, 5) is 44.9. The van der Waals surface area contributed by atoms with E-state index in [1.807, 2.05) is 94.4 Å². The van der Waals surface area contributed by atoms with Gasteiger partial charge in [-0.2, -0.15) is 0 Å². The Morgan fingerprint density at radius 1 is 0.867 bits per heavy atom. The Bertz CT molecular complexity index is 1280. The second kappa shape index (κ2) is 16.7. The molecule has 8 nitrogen and oxygen atoms in total.